The Balaban J connectivity index is 2.01. The van der Waals surface area contributed by atoms with Gasteiger partial charge in [0.1, 0.15) is 0 Å². The highest BCUT2D eigenvalue weighted by molar-refractivity contribution is 5.71. The van der Waals surface area contributed by atoms with E-state index in [2.05, 4.69) is 49.9 Å². The molecule has 0 aromatic heterocycles. The second kappa shape index (κ2) is 5.33. The van der Waals surface area contributed by atoms with Gasteiger partial charge in [-0.25, -0.2) is 0 Å². The van der Waals surface area contributed by atoms with E-state index >= 15 is 0 Å². The van der Waals surface area contributed by atoms with Crippen LogP contribution in [0.4, 0.5) is 0 Å². The zero-order chi connectivity index (χ0) is 14.0. The van der Waals surface area contributed by atoms with Crippen molar-refractivity contribution in [3.8, 4) is 0 Å². The van der Waals surface area contributed by atoms with Crippen molar-refractivity contribution in [1.29, 1.82) is 0 Å². The van der Waals surface area contributed by atoms with Gasteiger partial charge in [-0.3, -0.25) is 9.69 Å². The fraction of sp³-hybridized carbons (Fsp3) is 0.562. The van der Waals surface area contributed by atoms with Gasteiger partial charge in [-0.05, 0) is 30.9 Å². The van der Waals surface area contributed by atoms with Crippen molar-refractivity contribution in [2.75, 3.05) is 13.1 Å². The number of rotatable bonds is 3. The first-order valence-corrected chi connectivity index (χ1v) is 6.89. The molecule has 1 N–H and O–H groups in total. The van der Waals surface area contributed by atoms with Gasteiger partial charge < -0.3 is 5.11 Å². The molecule has 0 spiro atoms. The second-order valence-corrected chi connectivity index (χ2v) is 6.36. The van der Waals surface area contributed by atoms with Crippen LogP contribution in [0.5, 0.6) is 0 Å². The molecule has 3 heteroatoms. The summed E-state index contributed by atoms with van der Waals surface area (Å²) in [5.41, 5.74) is 2.42. The summed E-state index contributed by atoms with van der Waals surface area (Å²) in [7, 11) is 0. The van der Waals surface area contributed by atoms with Crippen LogP contribution in [0.3, 0.4) is 0 Å². The number of carboxylic acid groups (broad SMARTS) is 1. The highest BCUT2D eigenvalue weighted by atomic mass is 16.4. The standard InChI is InChI=1S/C16H23NO2/c1-12-4-6-13(7-5-12)10-17-9-8-14(15(18)19)16(2,3)11-17/h4-7,14H,8-11H2,1-3H3,(H,18,19). The van der Waals surface area contributed by atoms with Gasteiger partial charge >= 0.3 is 5.97 Å². The Hall–Kier alpha value is -1.35. The van der Waals surface area contributed by atoms with Crippen molar-refractivity contribution in [1.82, 2.24) is 4.90 Å². The number of carboxylic acids is 1. The molecule has 1 heterocycles. The molecule has 1 aromatic carbocycles. The maximum absolute atomic E-state index is 11.3. The van der Waals surface area contributed by atoms with Crippen LogP contribution >= 0.6 is 0 Å². The molecule has 1 unspecified atom stereocenters. The highest BCUT2D eigenvalue weighted by Gasteiger charge is 2.39. The van der Waals surface area contributed by atoms with E-state index in [-0.39, 0.29) is 11.3 Å². The molecule has 104 valence electrons. The van der Waals surface area contributed by atoms with Gasteiger partial charge in [0.25, 0.3) is 0 Å². The summed E-state index contributed by atoms with van der Waals surface area (Å²) < 4.78 is 0. The summed E-state index contributed by atoms with van der Waals surface area (Å²) in [5.74, 6) is -0.873. The third-order valence-electron chi connectivity index (χ3n) is 4.13. The van der Waals surface area contributed by atoms with Crippen LogP contribution < -0.4 is 0 Å². The van der Waals surface area contributed by atoms with Crippen LogP contribution in [0.15, 0.2) is 24.3 Å². The molecule has 19 heavy (non-hydrogen) atoms. The summed E-state index contributed by atoms with van der Waals surface area (Å²) in [4.78, 5) is 13.6. The maximum Gasteiger partial charge on any atom is 0.307 e. The SMILES string of the molecule is Cc1ccc(CN2CCC(C(=O)O)C(C)(C)C2)cc1. The predicted octanol–water partition coefficient (Wildman–Crippen LogP) is 2.93. The monoisotopic (exact) mass is 261 g/mol. The van der Waals surface area contributed by atoms with Gasteiger partial charge in [0.05, 0.1) is 5.92 Å². The first-order chi connectivity index (χ1) is 8.88. The first kappa shape index (κ1) is 14.1. The minimum atomic E-state index is -0.653. The molecule has 3 nitrogen and oxygen atoms in total. The fourth-order valence-electron chi connectivity index (χ4n) is 3.01. The Bertz CT molecular complexity index is 450. The minimum Gasteiger partial charge on any atom is -0.481 e. The van der Waals surface area contributed by atoms with Crippen molar-refractivity contribution in [3.05, 3.63) is 35.4 Å². The molecule has 0 bridgehead atoms. The molecule has 0 saturated carbocycles. The van der Waals surface area contributed by atoms with E-state index in [9.17, 15) is 9.90 Å². The van der Waals surface area contributed by atoms with Crippen molar-refractivity contribution < 1.29 is 9.90 Å². The van der Waals surface area contributed by atoms with Crippen LogP contribution in [-0.4, -0.2) is 29.1 Å². The van der Waals surface area contributed by atoms with E-state index < -0.39 is 5.97 Å². The lowest BCUT2D eigenvalue weighted by molar-refractivity contribution is -0.149. The van der Waals surface area contributed by atoms with E-state index in [1.165, 1.54) is 11.1 Å². The molecule has 2 rings (SSSR count). The number of hydrogen-bond donors (Lipinski definition) is 1. The zero-order valence-electron chi connectivity index (χ0n) is 12.0. The summed E-state index contributed by atoms with van der Waals surface area (Å²) in [6.45, 7) is 8.84. The van der Waals surface area contributed by atoms with Crippen LogP contribution in [0.25, 0.3) is 0 Å². The Morgan fingerprint density at radius 1 is 1.37 bits per heavy atom. The largest absolute Gasteiger partial charge is 0.481 e. The van der Waals surface area contributed by atoms with Gasteiger partial charge in [-0.1, -0.05) is 43.7 Å². The Kier molecular flexibility index (Phi) is 3.95. The number of likely N-dealkylation sites (tertiary alicyclic amines) is 1. The lowest BCUT2D eigenvalue weighted by Crippen LogP contribution is -2.47. The summed E-state index contributed by atoms with van der Waals surface area (Å²) in [5, 5.41) is 9.26. The Morgan fingerprint density at radius 3 is 2.53 bits per heavy atom. The fourth-order valence-corrected chi connectivity index (χ4v) is 3.01. The quantitative estimate of drug-likeness (QED) is 0.909. The van der Waals surface area contributed by atoms with Crippen molar-refractivity contribution >= 4 is 5.97 Å². The highest BCUT2D eigenvalue weighted by Crippen LogP contribution is 2.35. The lowest BCUT2D eigenvalue weighted by Gasteiger charge is -2.42. The van der Waals surface area contributed by atoms with Crippen molar-refractivity contribution in [2.45, 2.75) is 33.7 Å². The van der Waals surface area contributed by atoms with E-state index in [4.69, 9.17) is 0 Å². The van der Waals surface area contributed by atoms with Crippen LogP contribution in [0.2, 0.25) is 0 Å². The molecule has 0 radical (unpaired) electrons. The number of nitrogens with zero attached hydrogens (tertiary/aromatic N) is 1. The molecular weight excluding hydrogens is 238 g/mol. The zero-order valence-corrected chi connectivity index (χ0v) is 12.0. The summed E-state index contributed by atoms with van der Waals surface area (Å²) >= 11 is 0. The molecule has 1 fully saturated rings. The molecule has 0 amide bonds. The third kappa shape index (κ3) is 3.35. The van der Waals surface area contributed by atoms with Gasteiger partial charge in [-0.2, -0.15) is 0 Å². The number of carbonyl (C=O) groups is 1. The van der Waals surface area contributed by atoms with Crippen LogP contribution in [-0.2, 0) is 11.3 Å². The number of benzene rings is 1. The van der Waals surface area contributed by atoms with Crippen molar-refractivity contribution in [3.63, 3.8) is 0 Å². The Morgan fingerprint density at radius 2 is 2.00 bits per heavy atom. The average molecular weight is 261 g/mol. The Labute approximate surface area is 115 Å². The average Bonchev–Trinajstić information content (AvgIpc) is 2.30. The third-order valence-corrected chi connectivity index (χ3v) is 4.13. The number of aliphatic carboxylic acids is 1. The summed E-state index contributed by atoms with van der Waals surface area (Å²) in [6.07, 6.45) is 0.744. The van der Waals surface area contributed by atoms with Gasteiger partial charge in [0, 0.05) is 13.1 Å². The van der Waals surface area contributed by atoms with Crippen LogP contribution in [0.1, 0.15) is 31.4 Å². The normalized spacial score (nSPS) is 23.2. The smallest absolute Gasteiger partial charge is 0.307 e. The van der Waals surface area contributed by atoms with E-state index in [1.807, 2.05) is 0 Å². The molecular formula is C16H23NO2. The van der Waals surface area contributed by atoms with Gasteiger partial charge in [0.2, 0.25) is 0 Å². The first-order valence-electron chi connectivity index (χ1n) is 6.89. The topological polar surface area (TPSA) is 40.5 Å². The minimum absolute atomic E-state index is 0.158. The van der Waals surface area contributed by atoms with Crippen LogP contribution in [0, 0.1) is 18.3 Å². The van der Waals surface area contributed by atoms with Gasteiger partial charge in [0.15, 0.2) is 0 Å². The molecule has 1 saturated heterocycles. The molecule has 1 aromatic rings. The second-order valence-electron chi connectivity index (χ2n) is 6.36. The van der Waals surface area contributed by atoms with Crippen molar-refractivity contribution in [2.24, 2.45) is 11.3 Å². The maximum atomic E-state index is 11.3. The van der Waals surface area contributed by atoms with E-state index in [1.54, 1.807) is 0 Å². The predicted molar refractivity (Wildman–Crippen MR) is 76.0 cm³/mol. The lowest BCUT2D eigenvalue weighted by atomic mass is 9.74. The number of aryl methyl sites for hydroxylation is 1. The van der Waals surface area contributed by atoms with E-state index in [0.29, 0.717) is 0 Å². The summed E-state index contributed by atoms with van der Waals surface area (Å²) in [6, 6.07) is 8.58. The number of hydrogen-bond acceptors (Lipinski definition) is 2. The molecule has 1 aliphatic heterocycles. The molecule has 1 aliphatic rings. The van der Waals surface area contributed by atoms with E-state index in [0.717, 1.165) is 26.1 Å². The molecule has 0 aliphatic carbocycles. The molecule has 1 atom stereocenters. The van der Waals surface area contributed by atoms with Gasteiger partial charge in [-0.15, -0.1) is 0 Å². The number of piperidine rings is 1.